The zero-order chi connectivity index (χ0) is 12.7. The average Bonchev–Trinajstić information content (AvgIpc) is 2.49. The van der Waals surface area contributed by atoms with Crippen molar-refractivity contribution in [3.63, 3.8) is 0 Å². The van der Waals surface area contributed by atoms with Gasteiger partial charge in [-0.1, -0.05) is 43.8 Å². The zero-order valence-corrected chi connectivity index (χ0v) is 12.2. The molecule has 0 aromatic rings. The van der Waals surface area contributed by atoms with Crippen LogP contribution in [0.25, 0.3) is 0 Å². The normalized spacial score (nSPS) is 41.3. The van der Waals surface area contributed by atoms with E-state index in [-0.39, 0.29) is 5.60 Å². The fourth-order valence-corrected chi connectivity index (χ4v) is 5.50. The van der Waals surface area contributed by atoms with Gasteiger partial charge in [0.1, 0.15) is 0 Å². The number of allylic oxidation sites excluding steroid dienone is 1. The smallest absolute Gasteiger partial charge is 0.0751 e. The van der Waals surface area contributed by atoms with Crippen LogP contribution >= 0.6 is 0 Å². The van der Waals surface area contributed by atoms with E-state index in [9.17, 15) is 0 Å². The summed E-state index contributed by atoms with van der Waals surface area (Å²) < 4.78 is 6.85. The van der Waals surface area contributed by atoms with Gasteiger partial charge >= 0.3 is 0 Å². The molecule has 1 heteroatoms. The first kappa shape index (κ1) is 12.4. The highest BCUT2D eigenvalue weighted by molar-refractivity contribution is 5.24. The molecule has 1 aliphatic heterocycles. The van der Waals surface area contributed by atoms with Gasteiger partial charge < -0.3 is 4.74 Å². The van der Waals surface area contributed by atoms with Gasteiger partial charge in [0.15, 0.2) is 0 Å². The topological polar surface area (TPSA) is 9.23 Å². The second-order valence-corrected chi connectivity index (χ2v) is 7.36. The van der Waals surface area contributed by atoms with Crippen LogP contribution in [0.15, 0.2) is 11.6 Å². The first-order valence-corrected chi connectivity index (χ1v) is 8.77. The number of hydrogen-bond acceptors (Lipinski definition) is 1. The Balaban J connectivity index is 1.69. The Bertz CT molecular complexity index is 364. The molecule has 0 amide bonds. The fourth-order valence-electron chi connectivity index (χ4n) is 5.50. The molecule has 1 nitrogen and oxygen atoms in total. The zero-order valence-electron chi connectivity index (χ0n) is 12.2. The third-order valence-electron chi connectivity index (χ3n) is 6.33. The molecule has 1 heterocycles. The first-order valence-electron chi connectivity index (χ1n) is 8.77. The van der Waals surface area contributed by atoms with E-state index in [0.29, 0.717) is 6.10 Å². The molecule has 0 aromatic heterocycles. The van der Waals surface area contributed by atoms with Gasteiger partial charge in [0.2, 0.25) is 0 Å². The lowest BCUT2D eigenvalue weighted by molar-refractivity contribution is -0.188. The van der Waals surface area contributed by atoms with Crippen LogP contribution in [0, 0.1) is 11.8 Å². The Labute approximate surface area is 117 Å². The van der Waals surface area contributed by atoms with Crippen LogP contribution in [-0.4, -0.2) is 11.7 Å². The monoisotopic (exact) mass is 260 g/mol. The van der Waals surface area contributed by atoms with Crippen LogP contribution in [0.4, 0.5) is 0 Å². The minimum absolute atomic E-state index is 0.267. The van der Waals surface area contributed by atoms with E-state index in [4.69, 9.17) is 4.74 Å². The lowest BCUT2D eigenvalue weighted by Gasteiger charge is -2.55. The molecule has 3 aliphatic carbocycles. The van der Waals surface area contributed by atoms with Gasteiger partial charge in [0.25, 0.3) is 0 Å². The second kappa shape index (κ2) is 4.91. The quantitative estimate of drug-likeness (QED) is 0.557. The molecule has 19 heavy (non-hydrogen) atoms. The molecule has 2 unspecified atom stereocenters. The van der Waals surface area contributed by atoms with E-state index in [0.717, 1.165) is 11.8 Å². The van der Waals surface area contributed by atoms with Gasteiger partial charge in [-0.25, -0.2) is 0 Å². The Morgan fingerprint density at radius 2 is 1.74 bits per heavy atom. The molecule has 0 radical (unpaired) electrons. The summed E-state index contributed by atoms with van der Waals surface area (Å²) in [5.74, 6) is 1.59. The van der Waals surface area contributed by atoms with Gasteiger partial charge in [0, 0.05) is 11.8 Å². The van der Waals surface area contributed by atoms with E-state index >= 15 is 0 Å². The van der Waals surface area contributed by atoms with Gasteiger partial charge in [-0.3, -0.25) is 0 Å². The van der Waals surface area contributed by atoms with Crippen LogP contribution in [-0.2, 0) is 4.74 Å². The second-order valence-electron chi connectivity index (χ2n) is 7.36. The molecule has 3 atom stereocenters. The van der Waals surface area contributed by atoms with Crippen LogP contribution < -0.4 is 0 Å². The molecular formula is C18H28O. The van der Waals surface area contributed by atoms with Gasteiger partial charge in [-0.15, -0.1) is 0 Å². The third-order valence-corrected chi connectivity index (χ3v) is 6.33. The number of ether oxygens (including phenoxy) is 1. The van der Waals surface area contributed by atoms with E-state index < -0.39 is 0 Å². The van der Waals surface area contributed by atoms with Crippen molar-refractivity contribution >= 4 is 0 Å². The molecule has 4 rings (SSSR count). The molecule has 4 aliphatic rings. The van der Waals surface area contributed by atoms with Crippen LogP contribution in [0.1, 0.15) is 77.0 Å². The van der Waals surface area contributed by atoms with Crippen molar-refractivity contribution in [3.05, 3.63) is 11.6 Å². The van der Waals surface area contributed by atoms with Gasteiger partial charge in [-0.05, 0) is 44.9 Å². The standard InChI is InChI=1S/C18H28O/c1-6-12-18(13-7-1)16-10-4-2-8-14(16)15-9-3-5-11-17(15)19-18/h8,15-17H,1-7,9-13H2/t15?,16?,17-/m1/s1. The summed E-state index contributed by atoms with van der Waals surface area (Å²) >= 11 is 0. The summed E-state index contributed by atoms with van der Waals surface area (Å²) in [7, 11) is 0. The van der Waals surface area contributed by atoms with Crippen molar-refractivity contribution in [2.45, 2.75) is 88.8 Å². The lowest BCUT2D eigenvalue weighted by atomic mass is 9.61. The highest BCUT2D eigenvalue weighted by Crippen LogP contribution is 2.54. The molecule has 3 fully saturated rings. The minimum atomic E-state index is 0.267. The van der Waals surface area contributed by atoms with E-state index in [1.165, 1.54) is 77.0 Å². The average molecular weight is 260 g/mol. The maximum absolute atomic E-state index is 6.85. The third kappa shape index (κ3) is 2.00. The van der Waals surface area contributed by atoms with Crippen molar-refractivity contribution in [2.24, 2.45) is 11.8 Å². The summed E-state index contributed by atoms with van der Waals surface area (Å²) in [6, 6.07) is 0. The first-order chi connectivity index (χ1) is 9.39. The predicted molar refractivity (Wildman–Crippen MR) is 78.1 cm³/mol. The summed E-state index contributed by atoms with van der Waals surface area (Å²) in [4.78, 5) is 0. The highest BCUT2D eigenvalue weighted by atomic mass is 16.5. The van der Waals surface area contributed by atoms with E-state index in [2.05, 4.69) is 6.08 Å². The molecule has 1 spiro atoms. The van der Waals surface area contributed by atoms with E-state index in [1.807, 2.05) is 5.57 Å². The molecule has 0 aromatic carbocycles. The lowest BCUT2D eigenvalue weighted by Crippen LogP contribution is -2.54. The van der Waals surface area contributed by atoms with Gasteiger partial charge in [0.05, 0.1) is 11.7 Å². The van der Waals surface area contributed by atoms with Crippen molar-refractivity contribution < 1.29 is 4.74 Å². The number of rotatable bonds is 0. The molecule has 0 bridgehead atoms. The van der Waals surface area contributed by atoms with Gasteiger partial charge in [-0.2, -0.15) is 0 Å². The summed E-state index contributed by atoms with van der Waals surface area (Å²) in [5, 5.41) is 0. The molecular weight excluding hydrogens is 232 g/mol. The number of fused-ring (bicyclic) bond motifs is 4. The van der Waals surface area contributed by atoms with Crippen LogP contribution in [0.2, 0.25) is 0 Å². The van der Waals surface area contributed by atoms with E-state index in [1.54, 1.807) is 0 Å². The Morgan fingerprint density at radius 1 is 0.895 bits per heavy atom. The maximum Gasteiger partial charge on any atom is 0.0751 e. The Morgan fingerprint density at radius 3 is 2.63 bits per heavy atom. The molecule has 0 N–H and O–H groups in total. The Kier molecular flexibility index (Phi) is 3.22. The fraction of sp³-hybridized carbons (Fsp3) is 0.889. The van der Waals surface area contributed by atoms with Crippen molar-refractivity contribution in [2.75, 3.05) is 0 Å². The maximum atomic E-state index is 6.85. The van der Waals surface area contributed by atoms with Crippen molar-refractivity contribution in [3.8, 4) is 0 Å². The summed E-state index contributed by atoms with van der Waals surface area (Å²) in [6.07, 6.45) is 19.9. The Hall–Kier alpha value is -0.300. The summed E-state index contributed by atoms with van der Waals surface area (Å²) in [5.41, 5.74) is 2.12. The number of hydrogen-bond donors (Lipinski definition) is 0. The van der Waals surface area contributed by atoms with Crippen LogP contribution in [0.5, 0.6) is 0 Å². The molecule has 2 saturated carbocycles. The molecule has 1 saturated heterocycles. The van der Waals surface area contributed by atoms with Crippen molar-refractivity contribution in [1.82, 2.24) is 0 Å². The van der Waals surface area contributed by atoms with Crippen LogP contribution in [0.3, 0.4) is 0 Å². The SMILES string of the molecule is C1=C2C3CCCC[C@H]3OC3(CCCCC3)C2CCC1. The predicted octanol–water partition coefficient (Wildman–Crippen LogP) is 5.00. The summed E-state index contributed by atoms with van der Waals surface area (Å²) in [6.45, 7) is 0. The molecule has 106 valence electrons. The largest absolute Gasteiger partial charge is 0.371 e. The minimum Gasteiger partial charge on any atom is -0.371 e. The highest BCUT2D eigenvalue weighted by Gasteiger charge is 2.51. The van der Waals surface area contributed by atoms with Crippen molar-refractivity contribution in [1.29, 1.82) is 0 Å².